The van der Waals surface area contributed by atoms with Crippen LogP contribution in [0.15, 0.2) is 40.9 Å². The number of hydrogen-bond donors (Lipinski definition) is 1. The highest BCUT2D eigenvalue weighted by Crippen LogP contribution is 2.25. The Morgan fingerprint density at radius 1 is 1.25 bits per heavy atom. The molecule has 0 atom stereocenters. The largest absolute Gasteiger partial charge is 0.496 e. The van der Waals surface area contributed by atoms with Crippen molar-refractivity contribution in [2.24, 2.45) is 0 Å². The minimum atomic E-state index is -0.205. The number of benzene rings is 2. The lowest BCUT2D eigenvalue weighted by molar-refractivity contribution is 0.102. The fourth-order valence-corrected chi connectivity index (χ4v) is 2.22. The molecule has 0 saturated heterocycles. The standard InChI is InChI=1S/C15H13BrClNO2/c1-9-7-11(4-6-14(9)20-2)18-15(19)10-3-5-12(16)13(17)8-10/h3-8H,1-2H3,(H,18,19). The number of nitrogens with one attached hydrogen (secondary N) is 1. The summed E-state index contributed by atoms with van der Waals surface area (Å²) in [7, 11) is 1.62. The zero-order valence-corrected chi connectivity index (χ0v) is 13.4. The van der Waals surface area contributed by atoms with Gasteiger partial charge in [0, 0.05) is 15.7 Å². The molecule has 1 N–H and O–H groups in total. The number of anilines is 1. The quantitative estimate of drug-likeness (QED) is 0.869. The number of methoxy groups -OCH3 is 1. The van der Waals surface area contributed by atoms with Crippen LogP contribution in [0.4, 0.5) is 5.69 Å². The van der Waals surface area contributed by atoms with Crippen molar-refractivity contribution in [3.8, 4) is 5.75 Å². The molecule has 2 aromatic carbocycles. The fraction of sp³-hybridized carbons (Fsp3) is 0.133. The number of rotatable bonds is 3. The van der Waals surface area contributed by atoms with Gasteiger partial charge >= 0.3 is 0 Å². The number of hydrogen-bond acceptors (Lipinski definition) is 2. The van der Waals surface area contributed by atoms with Crippen LogP contribution in [0.5, 0.6) is 5.75 Å². The molecule has 0 bridgehead atoms. The number of aryl methyl sites for hydroxylation is 1. The van der Waals surface area contributed by atoms with E-state index in [2.05, 4.69) is 21.2 Å². The van der Waals surface area contributed by atoms with Gasteiger partial charge in [-0.05, 0) is 64.8 Å². The Morgan fingerprint density at radius 2 is 2.00 bits per heavy atom. The van der Waals surface area contributed by atoms with Crippen molar-refractivity contribution in [2.75, 3.05) is 12.4 Å². The van der Waals surface area contributed by atoms with E-state index < -0.39 is 0 Å². The van der Waals surface area contributed by atoms with Crippen molar-refractivity contribution in [3.63, 3.8) is 0 Å². The van der Waals surface area contributed by atoms with Gasteiger partial charge in [0.2, 0.25) is 0 Å². The second-order valence-electron chi connectivity index (χ2n) is 4.27. The summed E-state index contributed by atoms with van der Waals surface area (Å²) < 4.78 is 5.94. The second kappa shape index (κ2) is 6.29. The predicted molar refractivity (Wildman–Crippen MR) is 84.8 cm³/mol. The summed E-state index contributed by atoms with van der Waals surface area (Å²) in [5.41, 5.74) is 2.18. The van der Waals surface area contributed by atoms with E-state index in [9.17, 15) is 4.79 Å². The maximum Gasteiger partial charge on any atom is 0.255 e. The van der Waals surface area contributed by atoms with Crippen LogP contribution in [-0.2, 0) is 0 Å². The van der Waals surface area contributed by atoms with E-state index in [-0.39, 0.29) is 5.91 Å². The monoisotopic (exact) mass is 353 g/mol. The van der Waals surface area contributed by atoms with Crippen LogP contribution >= 0.6 is 27.5 Å². The molecule has 3 nitrogen and oxygen atoms in total. The molecule has 0 unspecified atom stereocenters. The van der Waals surface area contributed by atoms with Crippen molar-refractivity contribution in [3.05, 3.63) is 57.0 Å². The fourth-order valence-electron chi connectivity index (χ4n) is 1.80. The number of ether oxygens (including phenoxy) is 1. The first-order valence-corrected chi connectivity index (χ1v) is 7.09. The molecule has 0 aliphatic carbocycles. The van der Waals surface area contributed by atoms with Gasteiger partial charge in [-0.1, -0.05) is 11.6 Å². The van der Waals surface area contributed by atoms with Crippen molar-refractivity contribution in [2.45, 2.75) is 6.92 Å². The summed E-state index contributed by atoms with van der Waals surface area (Å²) in [6.45, 7) is 1.92. The van der Waals surface area contributed by atoms with Crippen LogP contribution in [0.2, 0.25) is 5.02 Å². The molecular weight excluding hydrogens is 342 g/mol. The maximum atomic E-state index is 12.1. The molecule has 0 aromatic heterocycles. The number of carbonyl (C=O) groups is 1. The molecule has 5 heteroatoms. The summed E-state index contributed by atoms with van der Waals surface area (Å²) >= 11 is 9.28. The third-order valence-corrected chi connectivity index (χ3v) is 4.07. The van der Waals surface area contributed by atoms with Gasteiger partial charge in [-0.2, -0.15) is 0 Å². The summed E-state index contributed by atoms with van der Waals surface area (Å²) in [6.07, 6.45) is 0. The SMILES string of the molecule is COc1ccc(NC(=O)c2ccc(Br)c(Cl)c2)cc1C. The predicted octanol–water partition coefficient (Wildman–Crippen LogP) is 4.67. The van der Waals surface area contributed by atoms with E-state index in [0.717, 1.165) is 15.8 Å². The summed E-state index contributed by atoms with van der Waals surface area (Å²) in [4.78, 5) is 12.1. The van der Waals surface area contributed by atoms with E-state index in [0.29, 0.717) is 16.3 Å². The average Bonchev–Trinajstić information content (AvgIpc) is 2.42. The van der Waals surface area contributed by atoms with Crippen molar-refractivity contribution in [1.82, 2.24) is 0 Å². The third kappa shape index (κ3) is 3.32. The molecule has 2 rings (SSSR count). The Labute approximate surface area is 131 Å². The van der Waals surface area contributed by atoms with Gasteiger partial charge in [-0.15, -0.1) is 0 Å². The van der Waals surface area contributed by atoms with Crippen LogP contribution in [0, 0.1) is 6.92 Å². The highest BCUT2D eigenvalue weighted by Gasteiger charge is 2.09. The second-order valence-corrected chi connectivity index (χ2v) is 5.53. The summed E-state index contributed by atoms with van der Waals surface area (Å²) in [5, 5.41) is 3.33. The first kappa shape index (κ1) is 14.9. The van der Waals surface area contributed by atoms with Crippen molar-refractivity contribution < 1.29 is 9.53 Å². The molecule has 0 saturated carbocycles. The van der Waals surface area contributed by atoms with Gasteiger partial charge in [-0.3, -0.25) is 4.79 Å². The Hall–Kier alpha value is -1.52. The van der Waals surface area contributed by atoms with Crippen molar-refractivity contribution in [1.29, 1.82) is 0 Å². The summed E-state index contributed by atoms with van der Waals surface area (Å²) in [5.74, 6) is 0.582. The minimum absolute atomic E-state index is 0.205. The number of amides is 1. The zero-order valence-electron chi connectivity index (χ0n) is 11.0. The zero-order chi connectivity index (χ0) is 14.7. The van der Waals surface area contributed by atoms with Crippen molar-refractivity contribution >= 4 is 39.1 Å². The van der Waals surface area contributed by atoms with E-state index in [1.165, 1.54) is 0 Å². The Bertz CT molecular complexity index is 658. The smallest absolute Gasteiger partial charge is 0.255 e. The molecule has 0 aliphatic rings. The molecule has 0 spiro atoms. The highest BCUT2D eigenvalue weighted by molar-refractivity contribution is 9.10. The van der Waals surface area contributed by atoms with Crippen LogP contribution in [0.1, 0.15) is 15.9 Å². The molecule has 0 heterocycles. The van der Waals surface area contributed by atoms with Gasteiger partial charge in [0.15, 0.2) is 0 Å². The van der Waals surface area contributed by atoms with Crippen LogP contribution in [0.25, 0.3) is 0 Å². The van der Waals surface area contributed by atoms with Crippen LogP contribution in [-0.4, -0.2) is 13.0 Å². The molecule has 0 fully saturated rings. The Morgan fingerprint density at radius 3 is 2.60 bits per heavy atom. The average molecular weight is 355 g/mol. The molecule has 1 amide bonds. The van der Waals surface area contributed by atoms with E-state index >= 15 is 0 Å². The molecule has 2 aromatic rings. The Balaban J connectivity index is 2.19. The van der Waals surface area contributed by atoms with Gasteiger partial charge in [0.25, 0.3) is 5.91 Å². The number of carbonyl (C=O) groups excluding carboxylic acids is 1. The minimum Gasteiger partial charge on any atom is -0.496 e. The van der Waals surface area contributed by atoms with Crippen LogP contribution < -0.4 is 10.1 Å². The Kier molecular flexibility index (Phi) is 4.68. The summed E-state index contributed by atoms with van der Waals surface area (Å²) in [6, 6.07) is 10.6. The number of halogens is 2. The molecule has 104 valence electrons. The normalized spacial score (nSPS) is 10.2. The highest BCUT2D eigenvalue weighted by atomic mass is 79.9. The maximum absolute atomic E-state index is 12.1. The topological polar surface area (TPSA) is 38.3 Å². The van der Waals surface area contributed by atoms with Gasteiger partial charge in [0.05, 0.1) is 12.1 Å². The third-order valence-electron chi connectivity index (χ3n) is 2.83. The van der Waals surface area contributed by atoms with Crippen LogP contribution in [0.3, 0.4) is 0 Å². The molecule has 0 aliphatic heterocycles. The van der Waals surface area contributed by atoms with Gasteiger partial charge in [0.1, 0.15) is 5.75 Å². The molecular formula is C15H13BrClNO2. The van der Waals surface area contributed by atoms with E-state index in [1.54, 1.807) is 31.4 Å². The van der Waals surface area contributed by atoms with E-state index in [4.69, 9.17) is 16.3 Å². The van der Waals surface area contributed by atoms with E-state index in [1.807, 2.05) is 19.1 Å². The van der Waals surface area contributed by atoms with Gasteiger partial charge < -0.3 is 10.1 Å². The van der Waals surface area contributed by atoms with Gasteiger partial charge in [-0.25, -0.2) is 0 Å². The first-order valence-electron chi connectivity index (χ1n) is 5.92. The first-order chi connectivity index (χ1) is 9.51. The molecule has 0 radical (unpaired) electrons. The lowest BCUT2D eigenvalue weighted by Gasteiger charge is -2.09. The lowest BCUT2D eigenvalue weighted by atomic mass is 10.1. The lowest BCUT2D eigenvalue weighted by Crippen LogP contribution is -2.12. The molecule has 20 heavy (non-hydrogen) atoms.